The summed E-state index contributed by atoms with van der Waals surface area (Å²) in [5.41, 5.74) is 0. The van der Waals surface area contributed by atoms with Crippen molar-refractivity contribution in [2.45, 2.75) is 31.7 Å². The number of hydrogen-bond donors (Lipinski definition) is 1. The van der Waals surface area contributed by atoms with Crippen LogP contribution < -0.4 is 0 Å². The van der Waals surface area contributed by atoms with Crippen LogP contribution in [0.2, 0.25) is 0 Å². The Morgan fingerprint density at radius 2 is 2.55 bits per heavy atom. The molecule has 1 N–H and O–H groups in total. The minimum atomic E-state index is -0.461. The van der Waals surface area contributed by atoms with Crippen molar-refractivity contribution in [2.24, 2.45) is 0 Å². The zero-order chi connectivity index (χ0) is 8.27. The summed E-state index contributed by atoms with van der Waals surface area (Å²) in [6, 6.07) is 0. The minimum absolute atomic E-state index is 0.167. The molecule has 1 aliphatic heterocycles. The summed E-state index contributed by atoms with van der Waals surface area (Å²) in [7, 11) is 0. The Bertz CT molecular complexity index is 129. The van der Waals surface area contributed by atoms with Crippen LogP contribution in [0.1, 0.15) is 13.3 Å². The summed E-state index contributed by atoms with van der Waals surface area (Å²) in [5.74, 6) is 0. The van der Waals surface area contributed by atoms with Crippen LogP contribution in [-0.2, 0) is 9.47 Å². The standard InChI is InChI=1S/C8H14O3/c1-3-10-8(6(2)9)4-7-5-11-7/h3,6-9H,1,4-5H2,2H3. The van der Waals surface area contributed by atoms with E-state index in [1.165, 1.54) is 6.26 Å². The lowest BCUT2D eigenvalue weighted by Crippen LogP contribution is -2.26. The Hall–Kier alpha value is -0.540. The molecular weight excluding hydrogens is 144 g/mol. The highest BCUT2D eigenvalue weighted by Gasteiger charge is 2.29. The number of epoxide rings is 1. The van der Waals surface area contributed by atoms with Crippen LogP contribution in [0.15, 0.2) is 12.8 Å². The van der Waals surface area contributed by atoms with Crippen molar-refractivity contribution in [3.05, 3.63) is 12.8 Å². The summed E-state index contributed by atoms with van der Waals surface area (Å²) in [4.78, 5) is 0. The smallest absolute Gasteiger partial charge is 0.126 e. The quantitative estimate of drug-likeness (QED) is 0.472. The molecule has 1 saturated heterocycles. The molecule has 0 aliphatic carbocycles. The van der Waals surface area contributed by atoms with Gasteiger partial charge in [-0.15, -0.1) is 0 Å². The topological polar surface area (TPSA) is 42.0 Å². The van der Waals surface area contributed by atoms with Crippen molar-refractivity contribution in [3.63, 3.8) is 0 Å². The first-order valence-electron chi connectivity index (χ1n) is 3.80. The monoisotopic (exact) mass is 158 g/mol. The van der Waals surface area contributed by atoms with E-state index < -0.39 is 6.10 Å². The maximum Gasteiger partial charge on any atom is 0.126 e. The molecule has 0 aromatic rings. The van der Waals surface area contributed by atoms with E-state index in [1.807, 2.05) is 0 Å². The normalized spacial score (nSPS) is 27.3. The molecule has 3 atom stereocenters. The van der Waals surface area contributed by atoms with E-state index in [4.69, 9.17) is 9.47 Å². The molecule has 64 valence electrons. The zero-order valence-electron chi connectivity index (χ0n) is 6.69. The van der Waals surface area contributed by atoms with Gasteiger partial charge in [0.05, 0.1) is 25.1 Å². The molecule has 0 spiro atoms. The zero-order valence-corrected chi connectivity index (χ0v) is 6.69. The lowest BCUT2D eigenvalue weighted by Gasteiger charge is -2.17. The Morgan fingerprint density at radius 1 is 1.91 bits per heavy atom. The van der Waals surface area contributed by atoms with Gasteiger partial charge < -0.3 is 14.6 Å². The molecule has 3 unspecified atom stereocenters. The third kappa shape index (κ3) is 2.91. The van der Waals surface area contributed by atoms with Gasteiger partial charge in [-0.05, 0) is 6.92 Å². The summed E-state index contributed by atoms with van der Waals surface area (Å²) in [6.45, 7) is 5.94. The molecule has 0 radical (unpaired) electrons. The van der Waals surface area contributed by atoms with Gasteiger partial charge in [-0.2, -0.15) is 0 Å². The van der Waals surface area contributed by atoms with Gasteiger partial charge >= 0.3 is 0 Å². The van der Waals surface area contributed by atoms with Gasteiger partial charge in [0.15, 0.2) is 0 Å². The molecule has 11 heavy (non-hydrogen) atoms. The van der Waals surface area contributed by atoms with Crippen molar-refractivity contribution < 1.29 is 14.6 Å². The minimum Gasteiger partial charge on any atom is -0.496 e. The van der Waals surface area contributed by atoms with Crippen molar-refractivity contribution >= 4 is 0 Å². The SMILES string of the molecule is C=COC(CC1CO1)C(C)O. The molecule has 1 fully saturated rings. The second-order valence-electron chi connectivity index (χ2n) is 2.77. The lowest BCUT2D eigenvalue weighted by molar-refractivity contribution is 0.0110. The highest BCUT2D eigenvalue weighted by molar-refractivity contribution is 4.78. The number of rotatable bonds is 5. The molecule has 1 heterocycles. The highest BCUT2D eigenvalue weighted by atomic mass is 16.6. The predicted octanol–water partition coefficient (Wildman–Crippen LogP) is 0.685. The van der Waals surface area contributed by atoms with Gasteiger partial charge in [-0.1, -0.05) is 6.58 Å². The number of aliphatic hydroxyl groups is 1. The summed E-state index contributed by atoms with van der Waals surface area (Å²) >= 11 is 0. The van der Waals surface area contributed by atoms with Crippen molar-refractivity contribution in [2.75, 3.05) is 6.61 Å². The Kier molecular flexibility index (Phi) is 2.91. The molecule has 0 aromatic carbocycles. The summed E-state index contributed by atoms with van der Waals surface area (Å²) in [6.07, 6.45) is 1.77. The molecule has 0 bridgehead atoms. The van der Waals surface area contributed by atoms with Crippen LogP contribution in [0, 0.1) is 0 Å². The molecule has 1 rings (SSSR count). The van der Waals surface area contributed by atoms with Gasteiger partial charge in [-0.25, -0.2) is 0 Å². The molecule has 0 aromatic heterocycles. The van der Waals surface area contributed by atoms with Gasteiger partial charge in [0, 0.05) is 6.42 Å². The summed E-state index contributed by atoms with van der Waals surface area (Å²) < 4.78 is 10.1. The Balaban J connectivity index is 2.24. The molecule has 0 saturated carbocycles. The largest absolute Gasteiger partial charge is 0.496 e. The Labute approximate surface area is 66.6 Å². The van der Waals surface area contributed by atoms with Gasteiger partial charge in [0.2, 0.25) is 0 Å². The fourth-order valence-corrected chi connectivity index (χ4v) is 0.953. The molecule has 3 heteroatoms. The van der Waals surface area contributed by atoms with E-state index in [-0.39, 0.29) is 12.2 Å². The van der Waals surface area contributed by atoms with Crippen LogP contribution in [0.4, 0.5) is 0 Å². The lowest BCUT2D eigenvalue weighted by atomic mass is 10.1. The maximum absolute atomic E-state index is 9.19. The van der Waals surface area contributed by atoms with Crippen LogP contribution in [0.3, 0.4) is 0 Å². The van der Waals surface area contributed by atoms with Crippen LogP contribution in [0.5, 0.6) is 0 Å². The van der Waals surface area contributed by atoms with Crippen LogP contribution in [0.25, 0.3) is 0 Å². The number of hydrogen-bond acceptors (Lipinski definition) is 3. The predicted molar refractivity (Wildman–Crippen MR) is 41.1 cm³/mol. The number of aliphatic hydroxyl groups excluding tert-OH is 1. The number of ether oxygens (including phenoxy) is 2. The third-order valence-electron chi connectivity index (χ3n) is 1.71. The first-order valence-corrected chi connectivity index (χ1v) is 3.80. The van der Waals surface area contributed by atoms with E-state index in [1.54, 1.807) is 6.92 Å². The molecule has 0 amide bonds. The van der Waals surface area contributed by atoms with Crippen molar-refractivity contribution in [1.82, 2.24) is 0 Å². The molecular formula is C8H14O3. The fraction of sp³-hybridized carbons (Fsp3) is 0.750. The average molecular weight is 158 g/mol. The fourth-order valence-electron chi connectivity index (χ4n) is 0.953. The van der Waals surface area contributed by atoms with E-state index in [0.29, 0.717) is 0 Å². The van der Waals surface area contributed by atoms with Crippen molar-refractivity contribution in [3.8, 4) is 0 Å². The first kappa shape index (κ1) is 8.56. The van der Waals surface area contributed by atoms with Crippen LogP contribution >= 0.6 is 0 Å². The maximum atomic E-state index is 9.19. The average Bonchev–Trinajstić information content (AvgIpc) is 2.70. The van der Waals surface area contributed by atoms with Crippen LogP contribution in [-0.4, -0.2) is 30.0 Å². The second-order valence-corrected chi connectivity index (χ2v) is 2.77. The van der Waals surface area contributed by atoms with Crippen molar-refractivity contribution in [1.29, 1.82) is 0 Å². The van der Waals surface area contributed by atoms with Gasteiger partial charge in [0.1, 0.15) is 6.10 Å². The van der Waals surface area contributed by atoms with Gasteiger partial charge in [0.25, 0.3) is 0 Å². The summed E-state index contributed by atoms with van der Waals surface area (Å²) in [5, 5.41) is 9.19. The van der Waals surface area contributed by atoms with E-state index in [9.17, 15) is 5.11 Å². The van der Waals surface area contributed by atoms with E-state index in [2.05, 4.69) is 6.58 Å². The third-order valence-corrected chi connectivity index (χ3v) is 1.71. The molecule has 1 aliphatic rings. The van der Waals surface area contributed by atoms with E-state index in [0.717, 1.165) is 13.0 Å². The first-order chi connectivity index (χ1) is 5.24. The molecule has 3 nitrogen and oxygen atoms in total. The Morgan fingerprint density at radius 3 is 2.91 bits per heavy atom. The van der Waals surface area contributed by atoms with Gasteiger partial charge in [-0.3, -0.25) is 0 Å². The van der Waals surface area contributed by atoms with E-state index >= 15 is 0 Å². The highest BCUT2D eigenvalue weighted by Crippen LogP contribution is 2.19. The second kappa shape index (κ2) is 3.74.